The molecule has 0 aromatic carbocycles. The number of hydrogen-bond acceptors (Lipinski definition) is 1. The van der Waals surface area contributed by atoms with E-state index in [1.165, 1.54) is 25.7 Å². The molecule has 1 N–H and O–H groups in total. The van der Waals surface area contributed by atoms with Crippen molar-refractivity contribution in [2.75, 3.05) is 19.6 Å². The van der Waals surface area contributed by atoms with Gasteiger partial charge in [0.05, 0.1) is 0 Å². The molecule has 15 heavy (non-hydrogen) atoms. The molecular formula is C12H24N2O. The third-order valence-electron chi connectivity index (χ3n) is 3.40. The van der Waals surface area contributed by atoms with Crippen molar-refractivity contribution in [1.29, 1.82) is 0 Å². The number of nitrogens with one attached hydrogen (secondary N) is 1. The zero-order valence-electron chi connectivity index (χ0n) is 10.3. The van der Waals surface area contributed by atoms with Crippen LogP contribution in [0.3, 0.4) is 0 Å². The average Bonchev–Trinajstić information content (AvgIpc) is 2.98. The summed E-state index contributed by atoms with van der Waals surface area (Å²) in [6.45, 7) is 8.71. The minimum atomic E-state index is 0.0994. The molecule has 0 unspecified atom stereocenters. The molecule has 0 heterocycles. The molecule has 0 radical (unpaired) electrons. The van der Waals surface area contributed by atoms with Crippen molar-refractivity contribution < 1.29 is 4.79 Å². The summed E-state index contributed by atoms with van der Waals surface area (Å²) in [6.07, 6.45) is 5.06. The van der Waals surface area contributed by atoms with Crippen molar-refractivity contribution in [3.8, 4) is 0 Å². The quantitative estimate of drug-likeness (QED) is 0.721. The van der Waals surface area contributed by atoms with Gasteiger partial charge in [-0.1, -0.05) is 13.3 Å². The Morgan fingerprint density at radius 2 is 1.87 bits per heavy atom. The topological polar surface area (TPSA) is 32.3 Å². The summed E-state index contributed by atoms with van der Waals surface area (Å²) in [5, 5.41) is 3.06. The molecule has 0 aromatic heterocycles. The fourth-order valence-electron chi connectivity index (χ4n) is 2.11. The van der Waals surface area contributed by atoms with E-state index in [-0.39, 0.29) is 6.03 Å². The molecule has 1 rings (SSSR count). The third kappa shape index (κ3) is 3.40. The third-order valence-corrected chi connectivity index (χ3v) is 3.40. The van der Waals surface area contributed by atoms with Crippen LogP contribution in [-0.4, -0.2) is 30.6 Å². The van der Waals surface area contributed by atoms with Crippen molar-refractivity contribution >= 4 is 6.03 Å². The van der Waals surface area contributed by atoms with Gasteiger partial charge in [-0.05, 0) is 38.5 Å². The van der Waals surface area contributed by atoms with Crippen LogP contribution in [0.15, 0.2) is 0 Å². The number of rotatable bonds is 6. The van der Waals surface area contributed by atoms with Gasteiger partial charge in [-0.15, -0.1) is 0 Å². The number of hydrogen-bond donors (Lipinski definition) is 1. The molecule has 88 valence electrons. The molecule has 1 saturated carbocycles. The van der Waals surface area contributed by atoms with E-state index in [4.69, 9.17) is 0 Å². The Morgan fingerprint density at radius 3 is 2.27 bits per heavy atom. The second-order valence-corrected chi connectivity index (χ2v) is 4.58. The summed E-state index contributed by atoms with van der Waals surface area (Å²) in [4.78, 5) is 13.5. The van der Waals surface area contributed by atoms with Gasteiger partial charge in [-0.25, -0.2) is 4.79 Å². The van der Waals surface area contributed by atoms with Crippen molar-refractivity contribution in [2.45, 2.75) is 46.5 Å². The zero-order valence-corrected chi connectivity index (χ0v) is 10.3. The lowest BCUT2D eigenvalue weighted by atomic mass is 10.0. The van der Waals surface area contributed by atoms with Gasteiger partial charge in [0.2, 0.25) is 0 Å². The molecular weight excluding hydrogens is 188 g/mol. The molecule has 1 fully saturated rings. The Kier molecular flexibility index (Phi) is 4.43. The minimum Gasteiger partial charge on any atom is -0.337 e. The maximum absolute atomic E-state index is 11.7. The maximum Gasteiger partial charge on any atom is 0.317 e. The van der Waals surface area contributed by atoms with E-state index in [0.29, 0.717) is 5.41 Å². The fourth-order valence-corrected chi connectivity index (χ4v) is 2.11. The average molecular weight is 212 g/mol. The first-order valence-corrected chi connectivity index (χ1v) is 6.20. The number of nitrogens with zero attached hydrogens (tertiary/aromatic N) is 1. The summed E-state index contributed by atoms with van der Waals surface area (Å²) in [6, 6.07) is 0.0994. The first kappa shape index (κ1) is 12.3. The number of urea groups is 1. The Morgan fingerprint density at radius 1 is 1.27 bits per heavy atom. The van der Waals surface area contributed by atoms with Gasteiger partial charge < -0.3 is 10.2 Å². The molecule has 1 aliphatic rings. The second kappa shape index (κ2) is 5.38. The van der Waals surface area contributed by atoms with Crippen LogP contribution in [0.25, 0.3) is 0 Å². The zero-order chi connectivity index (χ0) is 11.3. The summed E-state index contributed by atoms with van der Waals surface area (Å²) in [5.74, 6) is 0. The predicted molar refractivity (Wildman–Crippen MR) is 62.9 cm³/mol. The van der Waals surface area contributed by atoms with Gasteiger partial charge >= 0.3 is 6.03 Å². The largest absolute Gasteiger partial charge is 0.337 e. The van der Waals surface area contributed by atoms with Gasteiger partial charge in [0, 0.05) is 19.6 Å². The number of carbonyl (C=O) groups excluding carboxylic acids is 1. The second-order valence-electron chi connectivity index (χ2n) is 4.58. The van der Waals surface area contributed by atoms with Crippen molar-refractivity contribution in [3.05, 3.63) is 0 Å². The highest BCUT2D eigenvalue weighted by molar-refractivity contribution is 5.74. The lowest BCUT2D eigenvalue weighted by Gasteiger charge is -2.22. The number of carbonyl (C=O) groups is 1. The van der Waals surface area contributed by atoms with E-state index < -0.39 is 0 Å². The standard InChI is InChI=1S/C12H24N2O/c1-4-7-12(8-9-12)10-13-11(15)14(5-2)6-3/h4-10H2,1-3H3,(H,13,15). The molecule has 0 saturated heterocycles. The van der Waals surface area contributed by atoms with Crippen LogP contribution < -0.4 is 5.32 Å². The molecule has 1 aliphatic carbocycles. The smallest absolute Gasteiger partial charge is 0.317 e. The van der Waals surface area contributed by atoms with E-state index in [9.17, 15) is 4.79 Å². The van der Waals surface area contributed by atoms with E-state index in [1.54, 1.807) is 0 Å². The first-order valence-electron chi connectivity index (χ1n) is 6.20. The van der Waals surface area contributed by atoms with Crippen LogP contribution in [-0.2, 0) is 0 Å². The van der Waals surface area contributed by atoms with Gasteiger partial charge in [0.25, 0.3) is 0 Å². The predicted octanol–water partition coefficient (Wildman–Crippen LogP) is 2.62. The van der Waals surface area contributed by atoms with Crippen molar-refractivity contribution in [3.63, 3.8) is 0 Å². The highest BCUT2D eigenvalue weighted by Crippen LogP contribution is 2.48. The monoisotopic (exact) mass is 212 g/mol. The summed E-state index contributed by atoms with van der Waals surface area (Å²) in [5.41, 5.74) is 0.456. The van der Waals surface area contributed by atoms with Crippen LogP contribution in [0.2, 0.25) is 0 Å². The van der Waals surface area contributed by atoms with E-state index in [1.807, 2.05) is 18.7 Å². The van der Waals surface area contributed by atoms with Crippen molar-refractivity contribution in [1.82, 2.24) is 10.2 Å². The highest BCUT2D eigenvalue weighted by Gasteiger charge is 2.41. The minimum absolute atomic E-state index is 0.0994. The summed E-state index contributed by atoms with van der Waals surface area (Å²) in [7, 11) is 0. The molecule has 0 aliphatic heterocycles. The Balaban J connectivity index is 2.27. The Bertz CT molecular complexity index is 208. The van der Waals surface area contributed by atoms with E-state index >= 15 is 0 Å². The van der Waals surface area contributed by atoms with E-state index in [0.717, 1.165) is 19.6 Å². The maximum atomic E-state index is 11.7. The van der Waals surface area contributed by atoms with Crippen LogP contribution in [0.4, 0.5) is 4.79 Å². The molecule has 0 spiro atoms. The van der Waals surface area contributed by atoms with Crippen LogP contribution in [0, 0.1) is 5.41 Å². The van der Waals surface area contributed by atoms with Crippen LogP contribution in [0.1, 0.15) is 46.5 Å². The van der Waals surface area contributed by atoms with Gasteiger partial charge in [0.1, 0.15) is 0 Å². The molecule has 0 bridgehead atoms. The molecule has 3 heteroatoms. The Hall–Kier alpha value is -0.730. The molecule has 0 aromatic rings. The first-order chi connectivity index (χ1) is 7.17. The lowest BCUT2D eigenvalue weighted by molar-refractivity contribution is 0.200. The SMILES string of the molecule is CCCC1(CNC(=O)N(CC)CC)CC1. The van der Waals surface area contributed by atoms with Gasteiger partial charge in [-0.3, -0.25) is 0 Å². The summed E-state index contributed by atoms with van der Waals surface area (Å²) >= 11 is 0. The van der Waals surface area contributed by atoms with E-state index in [2.05, 4.69) is 12.2 Å². The Labute approximate surface area is 93.2 Å². The molecule has 2 amide bonds. The fraction of sp³-hybridized carbons (Fsp3) is 0.917. The normalized spacial score (nSPS) is 17.3. The lowest BCUT2D eigenvalue weighted by Crippen LogP contribution is -2.42. The molecule has 0 atom stereocenters. The van der Waals surface area contributed by atoms with Crippen LogP contribution in [0.5, 0.6) is 0 Å². The van der Waals surface area contributed by atoms with Gasteiger partial charge in [0.15, 0.2) is 0 Å². The van der Waals surface area contributed by atoms with Crippen molar-refractivity contribution in [2.24, 2.45) is 5.41 Å². The highest BCUT2D eigenvalue weighted by atomic mass is 16.2. The van der Waals surface area contributed by atoms with Gasteiger partial charge in [-0.2, -0.15) is 0 Å². The number of amides is 2. The summed E-state index contributed by atoms with van der Waals surface area (Å²) < 4.78 is 0. The molecule has 3 nitrogen and oxygen atoms in total. The van der Waals surface area contributed by atoms with Crippen LogP contribution >= 0.6 is 0 Å².